The van der Waals surface area contributed by atoms with Crippen LogP contribution in [-0.2, 0) is 9.53 Å². The summed E-state index contributed by atoms with van der Waals surface area (Å²) in [5.41, 5.74) is 0. The maximum Gasteiger partial charge on any atom is 0.220 e. The second-order valence-corrected chi connectivity index (χ2v) is 6.08. The molecule has 2 N–H and O–H groups in total. The minimum atomic E-state index is -0.804. The average Bonchev–Trinajstić information content (AvgIpc) is 2.67. The lowest BCUT2D eigenvalue weighted by atomic mass is 10.2. The number of amides is 1. The zero-order valence-electron chi connectivity index (χ0n) is 17.3. The molecular weight excluding hydrogens is 350 g/mol. The maximum absolute atomic E-state index is 11.5. The first-order valence-electron chi connectivity index (χ1n) is 10.1. The summed E-state index contributed by atoms with van der Waals surface area (Å²) in [6.07, 6.45) is 7.35. The Labute approximate surface area is 171 Å². The van der Waals surface area contributed by atoms with Crippen LogP contribution < -0.4 is 5.32 Å². The van der Waals surface area contributed by atoms with Crippen LogP contribution in [0.25, 0.3) is 0 Å². The Balaban J connectivity index is 3.60. The van der Waals surface area contributed by atoms with E-state index >= 15 is 0 Å². The van der Waals surface area contributed by atoms with Gasteiger partial charge in [-0.15, -0.1) is 11.8 Å². The third kappa shape index (κ3) is 21.7. The molecular formula is C24H33NO3. The van der Waals surface area contributed by atoms with E-state index in [9.17, 15) is 4.79 Å². The van der Waals surface area contributed by atoms with Crippen molar-refractivity contribution in [3.05, 3.63) is 0 Å². The van der Waals surface area contributed by atoms with E-state index < -0.39 is 6.29 Å². The van der Waals surface area contributed by atoms with Crippen LogP contribution in [-0.4, -0.2) is 30.5 Å². The second kappa shape index (κ2) is 20.9. The Hall–Kier alpha value is -2.37. The Morgan fingerprint density at radius 1 is 0.893 bits per heavy atom. The Kier molecular flexibility index (Phi) is 19.2. The molecule has 0 bridgehead atoms. The summed E-state index contributed by atoms with van der Waals surface area (Å²) in [4.78, 5) is 11.5. The number of aliphatic hydroxyl groups is 1. The number of ether oxygens (including phenoxy) is 1. The summed E-state index contributed by atoms with van der Waals surface area (Å²) < 4.78 is 4.92. The van der Waals surface area contributed by atoms with E-state index in [1.165, 1.54) is 26.2 Å². The molecule has 0 saturated carbocycles. The quantitative estimate of drug-likeness (QED) is 0.345. The molecule has 4 nitrogen and oxygen atoms in total. The first-order valence-corrected chi connectivity index (χ1v) is 10.1. The SMILES string of the molecule is CCCCCC#CCC#CCC#CCC#CCCCC(=O)NCCOC(C)O. The standard InChI is InChI=1S/C24H33NO3/c1-3-4-5-6-7-8-9-10-11-12-13-14-15-16-17-18-19-20-24(27)25-21-22-28-23(2)26/h23,26H,3-6,9,12,15,18-22H2,1-2H3,(H,25,27). The normalized spacial score (nSPS) is 9.96. The van der Waals surface area contributed by atoms with Crippen LogP contribution in [0.4, 0.5) is 0 Å². The highest BCUT2D eigenvalue weighted by molar-refractivity contribution is 5.75. The molecule has 1 unspecified atom stereocenters. The first kappa shape index (κ1) is 25.6. The van der Waals surface area contributed by atoms with Crippen molar-refractivity contribution in [1.29, 1.82) is 0 Å². The number of unbranched alkanes of at least 4 members (excludes halogenated alkanes) is 4. The zero-order chi connectivity index (χ0) is 20.7. The van der Waals surface area contributed by atoms with Gasteiger partial charge in [0.1, 0.15) is 0 Å². The molecule has 0 fully saturated rings. The van der Waals surface area contributed by atoms with Gasteiger partial charge in [0.05, 0.1) is 25.9 Å². The van der Waals surface area contributed by atoms with Crippen LogP contribution in [0.2, 0.25) is 0 Å². The smallest absolute Gasteiger partial charge is 0.220 e. The minimum Gasteiger partial charge on any atom is -0.368 e. The number of nitrogens with one attached hydrogen (secondary N) is 1. The lowest BCUT2D eigenvalue weighted by Crippen LogP contribution is -2.28. The Bertz CT molecular complexity index is 651. The maximum atomic E-state index is 11.5. The van der Waals surface area contributed by atoms with Crippen molar-refractivity contribution in [2.45, 2.75) is 84.3 Å². The van der Waals surface area contributed by atoms with Gasteiger partial charge >= 0.3 is 0 Å². The van der Waals surface area contributed by atoms with E-state index in [0.29, 0.717) is 51.7 Å². The molecule has 0 spiro atoms. The highest BCUT2D eigenvalue weighted by atomic mass is 16.6. The third-order valence-corrected chi connectivity index (χ3v) is 3.42. The summed E-state index contributed by atoms with van der Waals surface area (Å²) in [6.45, 7) is 4.43. The lowest BCUT2D eigenvalue weighted by Gasteiger charge is -2.07. The number of hydrogen-bond acceptors (Lipinski definition) is 3. The lowest BCUT2D eigenvalue weighted by molar-refractivity contribution is -0.122. The van der Waals surface area contributed by atoms with Gasteiger partial charge in [0.15, 0.2) is 6.29 Å². The van der Waals surface area contributed by atoms with Crippen molar-refractivity contribution < 1.29 is 14.6 Å². The van der Waals surface area contributed by atoms with Crippen LogP contribution >= 0.6 is 0 Å². The van der Waals surface area contributed by atoms with Gasteiger partial charge in [-0.1, -0.05) is 55.3 Å². The molecule has 0 aliphatic carbocycles. The highest BCUT2D eigenvalue weighted by Gasteiger charge is 2.00. The third-order valence-electron chi connectivity index (χ3n) is 3.42. The van der Waals surface area contributed by atoms with Crippen molar-refractivity contribution >= 4 is 5.91 Å². The molecule has 1 amide bonds. The number of hydrogen-bond donors (Lipinski definition) is 2. The summed E-state index contributed by atoms with van der Waals surface area (Å²) in [5, 5.41) is 11.6. The summed E-state index contributed by atoms with van der Waals surface area (Å²) in [5.74, 6) is 24.1. The molecule has 28 heavy (non-hydrogen) atoms. The molecule has 0 aromatic carbocycles. The Morgan fingerprint density at radius 3 is 1.96 bits per heavy atom. The highest BCUT2D eigenvalue weighted by Crippen LogP contribution is 1.96. The monoisotopic (exact) mass is 383 g/mol. The second-order valence-electron chi connectivity index (χ2n) is 6.08. The van der Waals surface area contributed by atoms with E-state index in [2.05, 4.69) is 59.6 Å². The number of carbonyl (C=O) groups is 1. The van der Waals surface area contributed by atoms with Crippen molar-refractivity contribution in [1.82, 2.24) is 5.32 Å². The van der Waals surface area contributed by atoms with Crippen LogP contribution in [0.15, 0.2) is 0 Å². The van der Waals surface area contributed by atoms with E-state index in [-0.39, 0.29) is 5.91 Å². The van der Waals surface area contributed by atoms with E-state index in [4.69, 9.17) is 9.84 Å². The van der Waals surface area contributed by atoms with Crippen molar-refractivity contribution in [2.24, 2.45) is 0 Å². The van der Waals surface area contributed by atoms with E-state index in [1.807, 2.05) is 0 Å². The summed E-state index contributed by atoms with van der Waals surface area (Å²) >= 11 is 0. The van der Waals surface area contributed by atoms with Crippen molar-refractivity contribution in [3.8, 4) is 47.4 Å². The van der Waals surface area contributed by atoms with Crippen LogP contribution in [0, 0.1) is 47.4 Å². The van der Waals surface area contributed by atoms with Gasteiger partial charge in [0.25, 0.3) is 0 Å². The summed E-state index contributed by atoms with van der Waals surface area (Å²) in [6, 6.07) is 0. The molecule has 0 aromatic heterocycles. The molecule has 0 aliphatic rings. The molecule has 0 aromatic rings. The van der Waals surface area contributed by atoms with Gasteiger partial charge in [0.2, 0.25) is 5.91 Å². The largest absolute Gasteiger partial charge is 0.368 e. The number of rotatable bonds is 10. The predicted molar refractivity (Wildman–Crippen MR) is 114 cm³/mol. The van der Waals surface area contributed by atoms with Gasteiger partial charge in [-0.3, -0.25) is 4.79 Å². The number of carbonyl (C=O) groups excluding carboxylic acids is 1. The fraction of sp³-hybridized carbons (Fsp3) is 0.625. The average molecular weight is 384 g/mol. The molecule has 152 valence electrons. The summed E-state index contributed by atoms with van der Waals surface area (Å²) in [7, 11) is 0. The van der Waals surface area contributed by atoms with E-state index in [1.54, 1.807) is 0 Å². The molecule has 0 saturated heterocycles. The van der Waals surface area contributed by atoms with Gasteiger partial charge < -0.3 is 15.2 Å². The minimum absolute atomic E-state index is 0.0278. The van der Waals surface area contributed by atoms with Crippen molar-refractivity contribution in [3.63, 3.8) is 0 Å². The van der Waals surface area contributed by atoms with Crippen LogP contribution in [0.5, 0.6) is 0 Å². The molecule has 0 rings (SSSR count). The molecule has 1 atom stereocenters. The molecule has 0 radical (unpaired) electrons. The fourth-order valence-electron chi connectivity index (χ4n) is 1.99. The van der Waals surface area contributed by atoms with Gasteiger partial charge in [0, 0.05) is 25.8 Å². The topological polar surface area (TPSA) is 58.6 Å². The van der Waals surface area contributed by atoms with Crippen LogP contribution in [0.1, 0.15) is 78.1 Å². The van der Waals surface area contributed by atoms with Gasteiger partial charge in [-0.2, -0.15) is 0 Å². The molecule has 0 heterocycles. The molecule has 4 heteroatoms. The fourth-order valence-corrected chi connectivity index (χ4v) is 1.99. The Morgan fingerprint density at radius 2 is 1.43 bits per heavy atom. The number of aliphatic hydroxyl groups excluding tert-OH is 1. The zero-order valence-corrected chi connectivity index (χ0v) is 17.3. The van der Waals surface area contributed by atoms with E-state index in [0.717, 1.165) is 6.42 Å². The molecule has 0 aliphatic heterocycles. The van der Waals surface area contributed by atoms with Crippen molar-refractivity contribution in [2.75, 3.05) is 13.2 Å². The van der Waals surface area contributed by atoms with Gasteiger partial charge in [-0.05, 0) is 19.8 Å². The predicted octanol–water partition coefficient (Wildman–Crippen LogP) is 3.39. The van der Waals surface area contributed by atoms with Gasteiger partial charge in [-0.25, -0.2) is 0 Å². The van der Waals surface area contributed by atoms with Crippen LogP contribution in [0.3, 0.4) is 0 Å². The first-order chi connectivity index (χ1) is 13.7.